The van der Waals surface area contributed by atoms with Crippen LogP contribution in [0.15, 0.2) is 12.4 Å². The first kappa shape index (κ1) is 6.81. The average molecular weight is 135 g/mol. The lowest BCUT2D eigenvalue weighted by molar-refractivity contribution is 0.670. The van der Waals surface area contributed by atoms with E-state index < -0.39 is 0 Å². The molecule has 0 amide bonds. The Labute approximate surface area is 59.9 Å². The van der Waals surface area contributed by atoms with Gasteiger partial charge in [0.15, 0.2) is 0 Å². The molecule has 0 aliphatic rings. The number of rotatable bonds is 2. The van der Waals surface area contributed by atoms with Crippen LogP contribution in [0.3, 0.4) is 0 Å². The van der Waals surface area contributed by atoms with Gasteiger partial charge in [0.1, 0.15) is 6.07 Å². The van der Waals surface area contributed by atoms with E-state index in [0.717, 1.165) is 13.0 Å². The molecule has 0 aliphatic heterocycles. The largest absolute Gasteiger partial charge is 0.323 e. The topological polar surface area (TPSA) is 41.6 Å². The van der Waals surface area contributed by atoms with Gasteiger partial charge in [-0.3, -0.25) is 0 Å². The first-order valence-corrected chi connectivity index (χ1v) is 3.29. The third kappa shape index (κ3) is 1.16. The molecule has 0 aliphatic carbocycles. The summed E-state index contributed by atoms with van der Waals surface area (Å²) in [5.41, 5.74) is 0. The van der Waals surface area contributed by atoms with Crippen LogP contribution in [0, 0.1) is 11.3 Å². The van der Waals surface area contributed by atoms with E-state index >= 15 is 0 Å². The second kappa shape index (κ2) is 3.02. The van der Waals surface area contributed by atoms with E-state index in [1.54, 1.807) is 6.20 Å². The summed E-state index contributed by atoms with van der Waals surface area (Å²) >= 11 is 0. The molecule has 1 aromatic heterocycles. The molecule has 0 radical (unpaired) electrons. The van der Waals surface area contributed by atoms with Crippen molar-refractivity contribution in [3.8, 4) is 6.07 Å². The molecule has 0 unspecified atom stereocenters. The van der Waals surface area contributed by atoms with E-state index in [-0.39, 0.29) is 0 Å². The number of aromatic nitrogens is 2. The maximum absolute atomic E-state index is 8.50. The third-order valence-electron chi connectivity index (χ3n) is 1.28. The van der Waals surface area contributed by atoms with Crippen molar-refractivity contribution in [3.05, 3.63) is 18.2 Å². The summed E-state index contributed by atoms with van der Waals surface area (Å²) in [6.45, 7) is 2.95. The van der Waals surface area contributed by atoms with Crippen LogP contribution in [0.5, 0.6) is 0 Å². The van der Waals surface area contributed by atoms with Crippen LogP contribution in [0.25, 0.3) is 0 Å². The van der Waals surface area contributed by atoms with Crippen molar-refractivity contribution < 1.29 is 0 Å². The number of aryl methyl sites for hydroxylation is 1. The van der Waals surface area contributed by atoms with Crippen LogP contribution < -0.4 is 0 Å². The fourth-order valence-corrected chi connectivity index (χ4v) is 0.844. The van der Waals surface area contributed by atoms with Gasteiger partial charge in [0.05, 0.1) is 0 Å². The normalized spacial score (nSPS) is 9.20. The van der Waals surface area contributed by atoms with Gasteiger partial charge in [-0.2, -0.15) is 5.26 Å². The highest BCUT2D eigenvalue weighted by Crippen LogP contribution is 1.96. The lowest BCUT2D eigenvalue weighted by atomic mass is 10.5. The van der Waals surface area contributed by atoms with Crippen molar-refractivity contribution in [2.24, 2.45) is 0 Å². The second-order valence-electron chi connectivity index (χ2n) is 2.06. The highest BCUT2D eigenvalue weighted by molar-refractivity contribution is 5.10. The Kier molecular flexibility index (Phi) is 2.06. The van der Waals surface area contributed by atoms with Crippen molar-refractivity contribution in [1.82, 2.24) is 9.55 Å². The zero-order valence-corrected chi connectivity index (χ0v) is 5.91. The Morgan fingerprint density at radius 1 is 1.80 bits per heavy atom. The number of hydrogen-bond donors (Lipinski definition) is 0. The zero-order valence-electron chi connectivity index (χ0n) is 5.91. The van der Waals surface area contributed by atoms with Gasteiger partial charge in [0.2, 0.25) is 5.82 Å². The van der Waals surface area contributed by atoms with E-state index in [2.05, 4.69) is 11.9 Å². The van der Waals surface area contributed by atoms with Gasteiger partial charge >= 0.3 is 0 Å². The summed E-state index contributed by atoms with van der Waals surface area (Å²) in [4.78, 5) is 3.86. The molecule has 0 fully saturated rings. The minimum absolute atomic E-state index is 0.502. The molecule has 1 heterocycles. The number of imidazole rings is 1. The van der Waals surface area contributed by atoms with Gasteiger partial charge in [-0.05, 0) is 6.42 Å². The van der Waals surface area contributed by atoms with Crippen LogP contribution in [0.2, 0.25) is 0 Å². The Morgan fingerprint density at radius 3 is 3.20 bits per heavy atom. The summed E-state index contributed by atoms with van der Waals surface area (Å²) in [5.74, 6) is 0.502. The van der Waals surface area contributed by atoms with E-state index in [4.69, 9.17) is 5.26 Å². The zero-order chi connectivity index (χ0) is 7.40. The minimum atomic E-state index is 0.502. The molecule has 10 heavy (non-hydrogen) atoms. The summed E-state index contributed by atoms with van der Waals surface area (Å²) in [7, 11) is 0. The highest BCUT2D eigenvalue weighted by Gasteiger charge is 1.96. The Hall–Kier alpha value is -1.30. The molecular formula is C7H9N3. The molecule has 0 spiro atoms. The van der Waals surface area contributed by atoms with Gasteiger partial charge in [-0.15, -0.1) is 0 Å². The number of nitrogens with zero attached hydrogens (tertiary/aromatic N) is 3. The molecule has 0 saturated carbocycles. The molecule has 1 rings (SSSR count). The Morgan fingerprint density at radius 2 is 2.60 bits per heavy atom. The molecule has 52 valence electrons. The molecule has 3 heteroatoms. The Bertz CT molecular complexity index is 244. The first-order chi connectivity index (χ1) is 4.88. The monoisotopic (exact) mass is 135 g/mol. The van der Waals surface area contributed by atoms with Crippen LogP contribution in [-0.4, -0.2) is 9.55 Å². The summed E-state index contributed by atoms with van der Waals surface area (Å²) < 4.78 is 1.85. The molecule has 0 N–H and O–H groups in total. The van der Waals surface area contributed by atoms with E-state index in [9.17, 15) is 0 Å². The molecule has 1 aromatic rings. The lowest BCUT2D eigenvalue weighted by Crippen LogP contribution is -1.97. The van der Waals surface area contributed by atoms with Crippen LogP contribution >= 0.6 is 0 Å². The summed E-state index contributed by atoms with van der Waals surface area (Å²) in [6.07, 6.45) is 4.50. The van der Waals surface area contributed by atoms with Crippen molar-refractivity contribution >= 4 is 0 Å². The molecule has 3 nitrogen and oxygen atoms in total. The van der Waals surface area contributed by atoms with Crippen molar-refractivity contribution in [3.63, 3.8) is 0 Å². The summed E-state index contributed by atoms with van der Waals surface area (Å²) in [5, 5.41) is 8.50. The van der Waals surface area contributed by atoms with Crippen molar-refractivity contribution in [2.75, 3.05) is 0 Å². The minimum Gasteiger partial charge on any atom is -0.323 e. The van der Waals surface area contributed by atoms with Gasteiger partial charge < -0.3 is 4.57 Å². The van der Waals surface area contributed by atoms with Crippen molar-refractivity contribution in [2.45, 2.75) is 19.9 Å². The molecular weight excluding hydrogens is 126 g/mol. The summed E-state index contributed by atoms with van der Waals surface area (Å²) in [6, 6.07) is 2.01. The fourth-order valence-electron chi connectivity index (χ4n) is 0.844. The van der Waals surface area contributed by atoms with Crippen LogP contribution in [0.1, 0.15) is 19.2 Å². The van der Waals surface area contributed by atoms with E-state index in [0.29, 0.717) is 5.82 Å². The van der Waals surface area contributed by atoms with Gasteiger partial charge in [-0.25, -0.2) is 4.98 Å². The van der Waals surface area contributed by atoms with Gasteiger partial charge in [-0.1, -0.05) is 6.92 Å². The van der Waals surface area contributed by atoms with Gasteiger partial charge in [0, 0.05) is 18.9 Å². The van der Waals surface area contributed by atoms with Crippen LogP contribution in [-0.2, 0) is 6.54 Å². The molecule has 0 saturated heterocycles. The molecule has 0 aromatic carbocycles. The SMILES string of the molecule is CCCn1ccnc1C#N. The van der Waals surface area contributed by atoms with E-state index in [1.807, 2.05) is 16.8 Å². The predicted octanol–water partition coefficient (Wildman–Crippen LogP) is 1.16. The van der Waals surface area contributed by atoms with Crippen LogP contribution in [0.4, 0.5) is 0 Å². The van der Waals surface area contributed by atoms with Crippen molar-refractivity contribution in [1.29, 1.82) is 5.26 Å². The fraction of sp³-hybridized carbons (Fsp3) is 0.429. The smallest absolute Gasteiger partial charge is 0.212 e. The van der Waals surface area contributed by atoms with Gasteiger partial charge in [0.25, 0.3) is 0 Å². The molecule has 0 atom stereocenters. The quantitative estimate of drug-likeness (QED) is 0.610. The van der Waals surface area contributed by atoms with E-state index in [1.165, 1.54) is 0 Å². The number of hydrogen-bond acceptors (Lipinski definition) is 2. The molecule has 0 bridgehead atoms. The Balaban J connectivity index is 2.82. The number of nitriles is 1. The average Bonchev–Trinajstić information content (AvgIpc) is 2.36. The lowest BCUT2D eigenvalue weighted by Gasteiger charge is -1.97. The predicted molar refractivity (Wildman–Crippen MR) is 37.2 cm³/mol. The third-order valence-corrected chi connectivity index (χ3v) is 1.28. The maximum atomic E-state index is 8.50. The maximum Gasteiger partial charge on any atom is 0.212 e. The second-order valence-corrected chi connectivity index (χ2v) is 2.06. The standard InChI is InChI=1S/C7H9N3/c1-2-4-10-5-3-9-7(10)6-8/h3,5H,2,4H2,1H3. The highest BCUT2D eigenvalue weighted by atomic mass is 15.0. The first-order valence-electron chi connectivity index (χ1n) is 3.29.